The number of hydrogen-bond acceptors (Lipinski definition) is 24. The Morgan fingerprint density at radius 3 is 1.03 bits per heavy atom. The van der Waals surface area contributed by atoms with Crippen LogP contribution in [0.5, 0.6) is 46.0 Å². The van der Waals surface area contributed by atoms with Crippen LogP contribution in [0.4, 0.5) is 0 Å². The lowest BCUT2D eigenvalue weighted by Crippen LogP contribution is -2.51. The second-order valence-corrected chi connectivity index (χ2v) is 31.8. The van der Waals surface area contributed by atoms with E-state index in [-0.39, 0.29) is 175 Å². The van der Waals surface area contributed by atoms with Gasteiger partial charge in [-0.15, -0.1) is 0 Å². The lowest BCUT2D eigenvalue weighted by atomic mass is 9.79. The van der Waals surface area contributed by atoms with Crippen molar-refractivity contribution >= 4 is 23.9 Å². The van der Waals surface area contributed by atoms with Crippen LogP contribution < -0.4 is 60.8 Å². The molecule has 0 aromatic heterocycles. The second-order valence-electron chi connectivity index (χ2n) is 31.8. The number of nitrogens with two attached hydrogens (primary N) is 4. The van der Waals surface area contributed by atoms with E-state index in [1.54, 1.807) is 9.80 Å². The number of piperidine rings is 4. The van der Waals surface area contributed by atoms with E-state index in [2.05, 4.69) is 0 Å². The summed E-state index contributed by atoms with van der Waals surface area (Å²) in [5, 5.41) is 0. The van der Waals surface area contributed by atoms with Crippen LogP contribution in [0, 0.1) is 70.9 Å². The molecule has 4 saturated heterocycles. The van der Waals surface area contributed by atoms with Gasteiger partial charge in [-0.05, 0) is 191 Å². The summed E-state index contributed by atoms with van der Waals surface area (Å²) in [6.45, 7) is -20.1. The van der Waals surface area contributed by atoms with Crippen LogP contribution in [0.2, 0.25) is 0 Å². The maximum absolute atomic E-state index is 13.5. The molecule has 16 atom stereocenters. The summed E-state index contributed by atoms with van der Waals surface area (Å²) in [6.07, 6.45) is -12.5. The SMILES string of the molecule is [2H]C([2H])([2H])C([2H])(C([2H])([2H])[2H])[C@]([2H])(N)C(=O)OC1CC2c3cc(OC)c(OC)cc3C([2H])([2H])C([2H])([2H])N2CC1CC(C)C.[2H]C([2H])([2H])Oc1cc2c(cc1OC)C1CC(OC(=O)[C@@]([2H])(N)C([2H])(C([2H])([2H])[2H])C([2H])([2H])[2H])C(CC(C)C)CN1C([2H])([2H])C2([2H])[2H].[2H]c1c2c(c([2H])c(OC)c1OC([2H])([2H])[2H])C1([2H])CC([2H])(OC(=O)[C@@]([2H])(N)C([2H])(C([2H])([2H])[2H])C([2H])([2H])[2H])C(CC(C)C)CN1CC2.[2H]c1c2c(c([2H])c(OC)c1OC)C1([2H])CC([2H])(OC(=O)[C@@]([2H])(N)C([2H])(C([2H])([2H])[2H])C([2H])([2H])[2H])C(CC(C)C)CN1CC2. The summed E-state index contributed by atoms with van der Waals surface area (Å²) in [4.78, 5) is 59.7. The Kier molecular flexibility index (Phi) is 16.9. The van der Waals surface area contributed by atoms with Gasteiger partial charge in [0.05, 0.1) is 81.4 Å². The van der Waals surface area contributed by atoms with Crippen molar-refractivity contribution in [2.75, 3.05) is 109 Å². The first-order valence-electron chi connectivity index (χ1n) is 66.4. The van der Waals surface area contributed by atoms with Gasteiger partial charge in [-0.25, -0.2) is 0 Å². The van der Waals surface area contributed by atoms with Crippen LogP contribution >= 0.6 is 0 Å². The second kappa shape index (κ2) is 43.9. The minimum absolute atomic E-state index is 0.00225. The molecule has 8 aliphatic rings. The zero-order chi connectivity index (χ0) is 135. The zero-order valence-corrected chi connectivity index (χ0v) is 70.2. The number of carbonyl (C=O) groups excluding carboxylic acids is 4. The number of aryl methyl sites for hydroxylation is 2. The Morgan fingerprint density at radius 1 is 0.400 bits per heavy atom. The van der Waals surface area contributed by atoms with Crippen molar-refractivity contribution in [3.8, 4) is 46.0 Å². The molecule has 4 aromatic carbocycles. The standard InChI is InChI=1S/4C24H38N2O4/c4*1-14(2)9-17-13-26-8-7-16-10-21(28-5)22(29-6)11-18(16)19(26)12-20(17)30-24(27)23(25)15(3)4/h4*10-11,14-15,17,19-20,23H,7-9,12-13,25H2,1-6H3/t4*17?,19?,20?,23-/m0000/s1/i3D3,4D3,5D3,10D,11D,15D,19D,20D,23D;3D3,4D3,10D,11D,15D,19D,20D,23D;3D3,4D3,5D3,7D2,8D2,15D,23D;3D3,4D3,7D2,8D2,15D,23D. The fraction of sp³-hybridized carbons (Fsp3) is 0.708. The lowest BCUT2D eigenvalue weighted by Gasteiger charge is -2.47. The smallest absolute Gasteiger partial charge is 0.323 e. The van der Waals surface area contributed by atoms with E-state index in [0.717, 1.165) is 13.2 Å². The van der Waals surface area contributed by atoms with E-state index >= 15 is 0 Å². The van der Waals surface area contributed by atoms with E-state index in [4.69, 9.17) is 148 Å². The van der Waals surface area contributed by atoms with Crippen molar-refractivity contribution < 1.29 is 150 Å². The molecule has 4 fully saturated rings. The normalized spacial score (nSPS) is 38.1. The number of methoxy groups -OCH3 is 8. The fourth-order valence-electron chi connectivity index (χ4n) is 16.2. The van der Waals surface area contributed by atoms with E-state index in [1.165, 1.54) is 63.5 Å². The van der Waals surface area contributed by atoms with Crippen molar-refractivity contribution in [1.29, 1.82) is 0 Å². The highest BCUT2D eigenvalue weighted by atomic mass is 16.6. The molecule has 12 rings (SSSR count). The first kappa shape index (κ1) is 46.2. The minimum atomic E-state index is -3.87. The van der Waals surface area contributed by atoms with Gasteiger partial charge in [0.2, 0.25) is 0 Å². The predicted octanol–water partition coefficient (Wildman–Crippen LogP) is 14.3. The average molecular weight is 1730 g/mol. The van der Waals surface area contributed by atoms with E-state index < -0.39 is 275 Å². The number of hydrogen-bond donors (Lipinski definition) is 4. The van der Waals surface area contributed by atoms with Gasteiger partial charge >= 0.3 is 23.9 Å². The molecule has 8 N–H and O–H groups in total. The molecular weight excluding hydrogens is 1520 g/mol. The van der Waals surface area contributed by atoms with Gasteiger partial charge in [0.15, 0.2) is 46.0 Å². The topological polar surface area (TPSA) is 296 Å². The van der Waals surface area contributed by atoms with E-state index in [1.807, 2.05) is 55.4 Å². The average Bonchev–Trinajstić information content (AvgIpc) is 0.702. The Hall–Kier alpha value is -7.16. The number of rotatable bonds is 28. The van der Waals surface area contributed by atoms with Crippen LogP contribution in [-0.4, -0.2) is 201 Å². The van der Waals surface area contributed by atoms with Crippen molar-refractivity contribution in [2.24, 2.45) is 93.9 Å². The molecule has 0 spiro atoms. The lowest BCUT2D eigenvalue weighted by molar-refractivity contribution is -0.161. The molecule has 0 radical (unpaired) electrons. The quantitative estimate of drug-likeness (QED) is 0.0303. The maximum Gasteiger partial charge on any atom is 0.323 e. The van der Waals surface area contributed by atoms with Gasteiger partial charge in [-0.1, -0.05) is 110 Å². The van der Waals surface area contributed by atoms with Crippen LogP contribution in [0.1, 0.15) is 304 Å². The van der Waals surface area contributed by atoms with Gasteiger partial charge in [-0.2, -0.15) is 0 Å². The summed E-state index contributed by atoms with van der Waals surface area (Å²) < 4.78 is 503. The third-order valence-electron chi connectivity index (χ3n) is 21.8. The number of ether oxygens (including phenoxy) is 12. The predicted molar refractivity (Wildman–Crippen MR) is 471 cm³/mol. The summed E-state index contributed by atoms with van der Waals surface area (Å²) in [5.41, 5.74) is 23.6. The van der Waals surface area contributed by atoms with Gasteiger partial charge in [0.1, 0.15) is 48.4 Å². The summed E-state index contributed by atoms with van der Waals surface area (Å²) in [7, 11) is 1.77. The van der Waals surface area contributed by atoms with Gasteiger partial charge in [0, 0.05) is 175 Å². The van der Waals surface area contributed by atoms with Crippen LogP contribution in [-0.2, 0) is 63.7 Å². The Morgan fingerprint density at radius 2 is 0.700 bits per heavy atom. The zero-order valence-electron chi connectivity index (χ0n) is 124. The highest BCUT2D eigenvalue weighted by Gasteiger charge is 2.47. The van der Waals surface area contributed by atoms with Crippen LogP contribution in [0.25, 0.3) is 0 Å². The Labute approximate surface area is 794 Å². The molecule has 12 unspecified atom stereocenters. The Bertz CT molecular complexity index is 6460. The molecular formula is C96H152N8O16. The fourth-order valence-corrected chi connectivity index (χ4v) is 16.2. The van der Waals surface area contributed by atoms with E-state index in [9.17, 15) is 24.7 Å². The molecule has 4 aromatic rings. The summed E-state index contributed by atoms with van der Waals surface area (Å²) in [6, 6.07) is -16.5. The molecule has 0 saturated carbocycles. The maximum atomic E-state index is 13.5. The van der Waals surface area contributed by atoms with Crippen molar-refractivity contribution in [2.45, 2.75) is 260 Å². The molecule has 120 heavy (non-hydrogen) atoms. The van der Waals surface area contributed by atoms with Gasteiger partial charge in [0.25, 0.3) is 0 Å². The molecule has 8 heterocycles. The molecule has 24 heteroatoms. The molecule has 0 aliphatic carbocycles. The summed E-state index contributed by atoms with van der Waals surface area (Å²) in [5.74, 6) is -26.8. The van der Waals surface area contributed by atoms with Crippen LogP contribution in [0.15, 0.2) is 48.4 Å². The number of benzene rings is 4. The largest absolute Gasteiger partial charge is 0.493 e. The Balaban J connectivity index is 0.000000254. The first-order valence-corrected chi connectivity index (χ1v) is 39.4. The third-order valence-corrected chi connectivity index (χ3v) is 21.8. The number of esters is 4. The highest BCUT2D eigenvalue weighted by Crippen LogP contribution is 2.50. The summed E-state index contributed by atoms with van der Waals surface area (Å²) >= 11 is 0. The molecule has 8 aliphatic heterocycles. The third kappa shape index (κ3) is 23.8. The molecule has 672 valence electrons. The van der Waals surface area contributed by atoms with E-state index in [0.29, 0.717) is 30.4 Å². The van der Waals surface area contributed by atoms with Crippen molar-refractivity contribution in [3.63, 3.8) is 0 Å². The molecule has 24 nitrogen and oxygen atoms in total. The van der Waals surface area contributed by atoms with Crippen molar-refractivity contribution in [1.82, 2.24) is 19.6 Å². The number of fused-ring (bicyclic) bond motifs is 12. The van der Waals surface area contributed by atoms with Crippen LogP contribution in [0.3, 0.4) is 0 Å². The van der Waals surface area contributed by atoms with Crippen molar-refractivity contribution in [3.05, 3.63) is 92.9 Å². The highest BCUT2D eigenvalue weighted by molar-refractivity contribution is 5.77. The molecule has 0 amide bonds. The molecule has 0 bridgehead atoms. The van der Waals surface area contributed by atoms with Gasteiger partial charge < -0.3 is 79.8 Å². The number of nitrogens with zero attached hydrogens (tertiary/aromatic N) is 4. The van der Waals surface area contributed by atoms with Gasteiger partial charge in [-0.3, -0.25) is 38.8 Å². The number of carbonyl (C=O) groups is 4. The minimum Gasteiger partial charge on any atom is -0.493 e. The monoisotopic (exact) mass is 1730 g/mol. The first-order chi connectivity index (χ1) is 78.0.